The summed E-state index contributed by atoms with van der Waals surface area (Å²) in [4.78, 5) is 27.5. The molecule has 0 bridgehead atoms. The maximum atomic E-state index is 13.3. The highest BCUT2D eigenvalue weighted by Crippen LogP contribution is 2.34. The van der Waals surface area contributed by atoms with Gasteiger partial charge < -0.3 is 15.0 Å². The molecule has 0 saturated carbocycles. The minimum atomic E-state index is -4.53. The highest BCUT2D eigenvalue weighted by Gasteiger charge is 2.33. The van der Waals surface area contributed by atoms with E-state index in [0.29, 0.717) is 42.3 Å². The number of piperidine rings is 1. The number of alkyl halides is 3. The van der Waals surface area contributed by atoms with E-state index in [4.69, 9.17) is 16.3 Å². The quantitative estimate of drug-likeness (QED) is 0.384. The highest BCUT2D eigenvalue weighted by molar-refractivity contribution is 6.30. The van der Waals surface area contributed by atoms with Crippen molar-refractivity contribution in [2.45, 2.75) is 51.3 Å². The highest BCUT2D eigenvalue weighted by atomic mass is 35.5. The zero-order chi connectivity index (χ0) is 27.7. The second-order valence-electron chi connectivity index (χ2n) is 10.1. The van der Waals surface area contributed by atoms with Crippen molar-refractivity contribution < 1.29 is 27.5 Å². The van der Waals surface area contributed by atoms with E-state index in [1.54, 1.807) is 54.6 Å². The topological polar surface area (TPSA) is 76.5 Å². The monoisotopic (exact) mass is 548 g/mol. The van der Waals surface area contributed by atoms with Gasteiger partial charge in [0, 0.05) is 29.7 Å². The van der Waals surface area contributed by atoms with E-state index >= 15 is 0 Å². The summed E-state index contributed by atoms with van der Waals surface area (Å²) in [7, 11) is 0. The molecule has 1 aliphatic rings. The van der Waals surface area contributed by atoms with E-state index in [1.807, 2.05) is 0 Å². The molecule has 202 valence electrons. The number of amides is 2. The lowest BCUT2D eigenvalue weighted by molar-refractivity contribution is -0.137. The molecule has 0 radical (unpaired) electrons. The molecule has 0 atom stereocenters. The molecular formula is C27H28ClF3N4O3. The van der Waals surface area contributed by atoms with Crippen molar-refractivity contribution in [3.63, 3.8) is 0 Å². The Balaban J connectivity index is 1.62. The molecule has 1 N–H and O–H groups in total. The van der Waals surface area contributed by atoms with Crippen LogP contribution in [-0.4, -0.2) is 45.4 Å². The maximum absolute atomic E-state index is 13.3. The number of benzene rings is 2. The number of nitrogens with zero attached hydrogens (tertiary/aromatic N) is 3. The first-order chi connectivity index (χ1) is 17.8. The van der Waals surface area contributed by atoms with Crippen LogP contribution in [0.15, 0.2) is 54.7 Å². The van der Waals surface area contributed by atoms with E-state index in [-0.39, 0.29) is 17.2 Å². The van der Waals surface area contributed by atoms with Gasteiger partial charge in [-0.05, 0) is 76.1 Å². The number of aromatic nitrogens is 2. The van der Waals surface area contributed by atoms with Gasteiger partial charge in [0.2, 0.25) is 0 Å². The number of carbonyl (C=O) groups is 2. The third-order valence-electron chi connectivity index (χ3n) is 6.10. The van der Waals surface area contributed by atoms with Crippen LogP contribution in [0.1, 0.15) is 61.1 Å². The first kappa shape index (κ1) is 27.5. The Morgan fingerprint density at radius 1 is 1.05 bits per heavy atom. The Morgan fingerprint density at radius 3 is 2.32 bits per heavy atom. The number of hydrogen-bond acceptors (Lipinski definition) is 4. The molecule has 0 spiro atoms. The van der Waals surface area contributed by atoms with Gasteiger partial charge in [0.1, 0.15) is 5.60 Å². The van der Waals surface area contributed by atoms with Crippen LogP contribution in [0, 0.1) is 0 Å². The molecule has 1 fully saturated rings. The molecule has 0 aliphatic carbocycles. The lowest BCUT2D eigenvalue weighted by Gasteiger charge is -2.34. The molecule has 0 unspecified atom stereocenters. The zero-order valence-corrected chi connectivity index (χ0v) is 21.9. The third-order valence-corrected chi connectivity index (χ3v) is 6.36. The Labute approximate surface area is 223 Å². The van der Waals surface area contributed by atoms with Crippen molar-refractivity contribution in [2.75, 3.05) is 18.4 Å². The van der Waals surface area contributed by atoms with Gasteiger partial charge in [0.25, 0.3) is 5.91 Å². The molecule has 1 saturated heterocycles. The van der Waals surface area contributed by atoms with Crippen molar-refractivity contribution >= 4 is 29.3 Å². The van der Waals surface area contributed by atoms with Gasteiger partial charge >= 0.3 is 12.3 Å². The smallest absolute Gasteiger partial charge is 0.416 e. The Kier molecular flexibility index (Phi) is 7.73. The molecular weight excluding hydrogens is 521 g/mol. The van der Waals surface area contributed by atoms with Crippen LogP contribution < -0.4 is 5.32 Å². The van der Waals surface area contributed by atoms with Crippen LogP contribution in [0.25, 0.3) is 5.69 Å². The largest absolute Gasteiger partial charge is 0.444 e. The van der Waals surface area contributed by atoms with Crippen LogP contribution in [-0.2, 0) is 10.9 Å². The van der Waals surface area contributed by atoms with Gasteiger partial charge in [-0.1, -0.05) is 17.7 Å². The summed E-state index contributed by atoms with van der Waals surface area (Å²) in [5, 5.41) is 7.56. The van der Waals surface area contributed by atoms with Gasteiger partial charge in [0.15, 0.2) is 0 Å². The number of rotatable bonds is 4. The summed E-state index contributed by atoms with van der Waals surface area (Å²) >= 11 is 6.05. The van der Waals surface area contributed by atoms with Crippen molar-refractivity contribution in [3.05, 3.63) is 76.6 Å². The Bertz CT molecular complexity index is 1310. The first-order valence-corrected chi connectivity index (χ1v) is 12.5. The standard InChI is InChI=1S/C27H28ClF3N4O3/c1-26(2,3)38-25(37)34-13-11-17(12-14-34)23-22(16-32-35(23)21-9-7-19(28)8-10-21)24(36)33-20-6-4-5-18(15-20)27(29,30)31/h4-10,15-17H,11-14H2,1-3H3,(H,33,36). The molecule has 7 nitrogen and oxygen atoms in total. The normalized spacial score (nSPS) is 14.9. The fourth-order valence-corrected chi connectivity index (χ4v) is 4.47. The van der Waals surface area contributed by atoms with E-state index in [9.17, 15) is 22.8 Å². The van der Waals surface area contributed by atoms with Crippen LogP contribution in [0.2, 0.25) is 5.02 Å². The van der Waals surface area contributed by atoms with Crippen LogP contribution in [0.3, 0.4) is 0 Å². The molecule has 3 aromatic rings. The summed E-state index contributed by atoms with van der Waals surface area (Å²) in [6, 6.07) is 11.4. The van der Waals surface area contributed by atoms with E-state index in [0.717, 1.165) is 12.1 Å². The molecule has 38 heavy (non-hydrogen) atoms. The third kappa shape index (κ3) is 6.48. The van der Waals surface area contributed by atoms with Gasteiger partial charge in [0.05, 0.1) is 28.7 Å². The number of carbonyl (C=O) groups excluding carboxylic acids is 2. The van der Waals surface area contributed by atoms with E-state index in [1.165, 1.54) is 18.3 Å². The van der Waals surface area contributed by atoms with Crippen molar-refractivity contribution in [1.29, 1.82) is 0 Å². The van der Waals surface area contributed by atoms with Gasteiger partial charge in [-0.2, -0.15) is 18.3 Å². The maximum Gasteiger partial charge on any atom is 0.416 e. The lowest BCUT2D eigenvalue weighted by atomic mass is 9.90. The number of anilines is 1. The van der Waals surface area contributed by atoms with E-state index < -0.39 is 29.3 Å². The molecule has 2 heterocycles. The van der Waals surface area contributed by atoms with Gasteiger partial charge in [-0.3, -0.25) is 4.79 Å². The van der Waals surface area contributed by atoms with Gasteiger partial charge in [-0.15, -0.1) is 0 Å². The zero-order valence-electron chi connectivity index (χ0n) is 21.2. The van der Waals surface area contributed by atoms with Crippen molar-refractivity contribution in [2.24, 2.45) is 0 Å². The molecule has 2 aromatic carbocycles. The minimum absolute atomic E-state index is 0.0229. The summed E-state index contributed by atoms with van der Waals surface area (Å²) < 4.78 is 46.6. The van der Waals surface area contributed by atoms with Gasteiger partial charge in [-0.25, -0.2) is 9.48 Å². The summed E-state index contributed by atoms with van der Waals surface area (Å²) in [6.07, 6.45) is -2.43. The Hall–Kier alpha value is -3.53. The Morgan fingerprint density at radius 2 is 1.71 bits per heavy atom. The van der Waals surface area contributed by atoms with Crippen molar-refractivity contribution in [1.82, 2.24) is 14.7 Å². The predicted molar refractivity (Wildman–Crippen MR) is 138 cm³/mol. The minimum Gasteiger partial charge on any atom is -0.444 e. The first-order valence-electron chi connectivity index (χ1n) is 12.1. The molecule has 2 amide bonds. The van der Waals surface area contributed by atoms with Crippen LogP contribution >= 0.6 is 11.6 Å². The fraction of sp³-hybridized carbons (Fsp3) is 0.370. The number of halogens is 4. The summed E-state index contributed by atoms with van der Waals surface area (Å²) in [6.45, 7) is 6.24. The number of nitrogens with one attached hydrogen (secondary N) is 1. The molecule has 1 aromatic heterocycles. The summed E-state index contributed by atoms with van der Waals surface area (Å²) in [5.41, 5.74) is 0.0815. The van der Waals surface area contributed by atoms with Crippen molar-refractivity contribution in [3.8, 4) is 5.69 Å². The second kappa shape index (κ2) is 10.7. The SMILES string of the molecule is CC(C)(C)OC(=O)N1CCC(c2c(C(=O)Nc3cccc(C(F)(F)F)c3)cnn2-c2ccc(Cl)cc2)CC1. The molecule has 4 rings (SSSR count). The molecule has 11 heteroatoms. The lowest BCUT2D eigenvalue weighted by Crippen LogP contribution is -2.41. The predicted octanol–water partition coefficient (Wildman–Crippen LogP) is 6.91. The van der Waals surface area contributed by atoms with E-state index in [2.05, 4.69) is 10.4 Å². The number of ether oxygens (including phenoxy) is 1. The van der Waals surface area contributed by atoms with Crippen LogP contribution in [0.5, 0.6) is 0 Å². The number of likely N-dealkylation sites (tertiary alicyclic amines) is 1. The number of hydrogen-bond donors (Lipinski definition) is 1. The van der Waals surface area contributed by atoms with Crippen LogP contribution in [0.4, 0.5) is 23.7 Å². The molecule has 1 aliphatic heterocycles. The average Bonchev–Trinajstić information content (AvgIpc) is 3.28. The second-order valence-corrected chi connectivity index (χ2v) is 10.5. The summed E-state index contributed by atoms with van der Waals surface area (Å²) in [5.74, 6) is -0.719. The fourth-order valence-electron chi connectivity index (χ4n) is 4.35. The average molecular weight is 549 g/mol.